The molecular weight excluding hydrogens is 522 g/mol. The van der Waals surface area contributed by atoms with Crippen LogP contribution in [0.3, 0.4) is 0 Å². The van der Waals surface area contributed by atoms with Crippen molar-refractivity contribution in [1.82, 2.24) is 40.4 Å². The van der Waals surface area contributed by atoms with Crippen LogP contribution in [0.5, 0.6) is 0 Å². The molecule has 1 aliphatic rings. The van der Waals surface area contributed by atoms with Gasteiger partial charge in [0.25, 0.3) is 0 Å². The fraction of sp³-hybridized carbons (Fsp3) is 0.241. The number of hydrogen-bond acceptors (Lipinski definition) is 8. The molecule has 0 bridgehead atoms. The Labute approximate surface area is 233 Å². The van der Waals surface area contributed by atoms with E-state index in [2.05, 4.69) is 59.8 Å². The van der Waals surface area contributed by atoms with E-state index in [1.54, 1.807) is 36.1 Å². The number of aromatic nitrogens is 7. The second-order valence-electron chi connectivity index (χ2n) is 10.2. The maximum absolute atomic E-state index is 12.7. The number of carbonyl (C=O) groups is 1. The quantitative estimate of drug-likeness (QED) is 0.221. The lowest BCUT2D eigenvalue weighted by atomic mass is 9.94. The molecule has 4 N–H and O–H groups in total. The summed E-state index contributed by atoms with van der Waals surface area (Å²) in [6, 6.07) is 10.2. The molecule has 6 aromatic heterocycles. The number of thiophene rings is 1. The smallest absolute Gasteiger partial charge is 0.224 e. The van der Waals surface area contributed by atoms with Gasteiger partial charge in [0.15, 0.2) is 17.1 Å². The van der Waals surface area contributed by atoms with Crippen molar-refractivity contribution in [3.63, 3.8) is 0 Å². The predicted molar refractivity (Wildman–Crippen MR) is 157 cm³/mol. The van der Waals surface area contributed by atoms with Crippen molar-refractivity contribution in [2.24, 2.45) is 5.92 Å². The van der Waals surface area contributed by atoms with Gasteiger partial charge in [-0.05, 0) is 69.1 Å². The number of amides is 1. The Kier molecular flexibility index (Phi) is 6.29. The number of hydrogen-bond donors (Lipinski definition) is 4. The lowest BCUT2D eigenvalue weighted by molar-refractivity contribution is -0.117. The largest absolute Gasteiger partial charge is 0.335 e. The molecular formula is C29H27N9OS. The van der Waals surface area contributed by atoms with E-state index in [9.17, 15) is 4.79 Å². The van der Waals surface area contributed by atoms with Crippen LogP contribution in [0.4, 0.5) is 5.69 Å². The minimum absolute atomic E-state index is 0.0205. The Hall–Kier alpha value is -4.48. The minimum atomic E-state index is 0.0205. The van der Waals surface area contributed by atoms with Gasteiger partial charge in [0.05, 0.1) is 22.8 Å². The first-order valence-corrected chi connectivity index (χ1v) is 14.1. The number of aryl methyl sites for hydroxylation is 1. The van der Waals surface area contributed by atoms with Crippen LogP contribution < -0.4 is 10.6 Å². The van der Waals surface area contributed by atoms with E-state index in [0.717, 1.165) is 64.1 Å². The third-order valence-electron chi connectivity index (χ3n) is 7.33. The number of anilines is 1. The summed E-state index contributed by atoms with van der Waals surface area (Å²) in [7, 11) is 0. The third-order valence-corrected chi connectivity index (χ3v) is 8.37. The molecule has 1 fully saturated rings. The highest BCUT2D eigenvalue weighted by Gasteiger charge is 2.19. The molecule has 7 heterocycles. The first-order valence-electron chi connectivity index (χ1n) is 13.3. The first-order chi connectivity index (χ1) is 19.6. The van der Waals surface area contributed by atoms with Crippen LogP contribution in [0.15, 0.2) is 55.1 Å². The Morgan fingerprint density at radius 3 is 2.77 bits per heavy atom. The summed E-state index contributed by atoms with van der Waals surface area (Å²) >= 11 is 1.74. The lowest BCUT2D eigenvalue weighted by Gasteiger charge is -2.21. The van der Waals surface area contributed by atoms with Gasteiger partial charge in [-0.3, -0.25) is 14.9 Å². The number of H-pyrrole nitrogens is 2. The number of aromatic amines is 2. The maximum Gasteiger partial charge on any atom is 0.224 e. The van der Waals surface area contributed by atoms with Crippen molar-refractivity contribution >= 4 is 45.1 Å². The summed E-state index contributed by atoms with van der Waals surface area (Å²) in [4.78, 5) is 36.7. The number of imidazole rings is 1. The Morgan fingerprint density at radius 2 is 1.93 bits per heavy atom. The van der Waals surface area contributed by atoms with Gasteiger partial charge < -0.3 is 15.6 Å². The van der Waals surface area contributed by atoms with Crippen LogP contribution in [0.2, 0.25) is 0 Å². The predicted octanol–water partition coefficient (Wildman–Crippen LogP) is 5.32. The van der Waals surface area contributed by atoms with Crippen LogP contribution in [0, 0.1) is 12.8 Å². The lowest BCUT2D eigenvalue weighted by Crippen LogP contribution is -2.30. The summed E-state index contributed by atoms with van der Waals surface area (Å²) in [6.45, 7) is 4.04. The number of rotatable bonds is 6. The summed E-state index contributed by atoms with van der Waals surface area (Å²) in [5.41, 5.74) is 6.28. The fourth-order valence-corrected chi connectivity index (χ4v) is 6.18. The van der Waals surface area contributed by atoms with Gasteiger partial charge in [-0.25, -0.2) is 15.0 Å². The number of pyridine rings is 3. The monoisotopic (exact) mass is 549 g/mol. The van der Waals surface area contributed by atoms with Crippen LogP contribution in [-0.4, -0.2) is 54.1 Å². The molecule has 7 rings (SSSR count). The molecule has 6 aromatic rings. The van der Waals surface area contributed by atoms with Crippen LogP contribution in [-0.2, 0) is 4.79 Å². The molecule has 1 aliphatic heterocycles. The molecule has 0 unspecified atom stereocenters. The van der Waals surface area contributed by atoms with E-state index in [-0.39, 0.29) is 5.91 Å². The molecule has 0 aromatic carbocycles. The molecule has 10 nitrogen and oxygen atoms in total. The minimum Gasteiger partial charge on any atom is -0.335 e. The van der Waals surface area contributed by atoms with Gasteiger partial charge in [0.1, 0.15) is 5.69 Å². The molecule has 0 spiro atoms. The molecule has 200 valence electrons. The van der Waals surface area contributed by atoms with Gasteiger partial charge >= 0.3 is 0 Å². The highest BCUT2D eigenvalue weighted by molar-refractivity contribution is 7.15. The average Bonchev–Trinajstić information content (AvgIpc) is 3.71. The Morgan fingerprint density at radius 1 is 1.05 bits per heavy atom. The van der Waals surface area contributed by atoms with Crippen LogP contribution in [0.25, 0.3) is 55.3 Å². The van der Waals surface area contributed by atoms with Crippen molar-refractivity contribution in [1.29, 1.82) is 0 Å². The zero-order chi connectivity index (χ0) is 27.1. The second kappa shape index (κ2) is 10.2. The van der Waals surface area contributed by atoms with Crippen molar-refractivity contribution in [2.75, 3.05) is 18.4 Å². The molecule has 1 saturated heterocycles. The number of nitrogens with one attached hydrogen (secondary N) is 4. The Bertz CT molecular complexity index is 1850. The van der Waals surface area contributed by atoms with Gasteiger partial charge in [0.2, 0.25) is 5.91 Å². The molecule has 1 amide bonds. The fourth-order valence-electron chi connectivity index (χ4n) is 5.28. The van der Waals surface area contributed by atoms with E-state index in [4.69, 9.17) is 4.98 Å². The topological polar surface area (TPSA) is 137 Å². The van der Waals surface area contributed by atoms with Gasteiger partial charge in [-0.15, -0.1) is 11.3 Å². The first kappa shape index (κ1) is 24.6. The number of nitrogens with zero attached hydrogens (tertiary/aromatic N) is 5. The van der Waals surface area contributed by atoms with Crippen LogP contribution in [0.1, 0.15) is 24.1 Å². The highest BCUT2D eigenvalue weighted by atomic mass is 32.1. The number of piperidine rings is 1. The molecule has 0 aliphatic carbocycles. The van der Waals surface area contributed by atoms with Crippen LogP contribution >= 0.6 is 11.3 Å². The number of fused-ring (bicyclic) bond motifs is 2. The molecule has 0 radical (unpaired) electrons. The second-order valence-corrected chi connectivity index (χ2v) is 11.4. The van der Waals surface area contributed by atoms with E-state index in [0.29, 0.717) is 35.1 Å². The zero-order valence-corrected chi connectivity index (χ0v) is 22.7. The van der Waals surface area contributed by atoms with Crippen molar-refractivity contribution < 1.29 is 4.79 Å². The van der Waals surface area contributed by atoms with E-state index in [1.807, 2.05) is 18.2 Å². The summed E-state index contributed by atoms with van der Waals surface area (Å²) in [6.07, 6.45) is 9.58. The Balaban J connectivity index is 1.19. The maximum atomic E-state index is 12.7. The molecule has 0 atom stereocenters. The summed E-state index contributed by atoms with van der Waals surface area (Å²) in [5.74, 6) is 1.08. The third kappa shape index (κ3) is 4.74. The van der Waals surface area contributed by atoms with Gasteiger partial charge in [0, 0.05) is 51.5 Å². The molecule has 11 heteroatoms. The van der Waals surface area contributed by atoms with Crippen molar-refractivity contribution in [3.05, 3.63) is 60.0 Å². The van der Waals surface area contributed by atoms with E-state index < -0.39 is 0 Å². The van der Waals surface area contributed by atoms with Gasteiger partial charge in [-0.1, -0.05) is 0 Å². The number of carbonyl (C=O) groups excluding carboxylic acids is 1. The van der Waals surface area contributed by atoms with E-state index in [1.165, 1.54) is 4.88 Å². The standard InChI is InChI=1S/C29H27N9OS/c1-16-2-3-23(40-16)21-6-9-32-28-25(21)35-29(36-28)26-22-12-19(14-33-27(22)38-37-26)18-11-20(15-31-13-18)34-24(39)10-17-4-7-30-8-5-17/h2-3,6,9,11-15,17,30H,4-5,7-8,10H2,1H3,(H,34,39)(H,32,35,36)(H,33,37,38). The van der Waals surface area contributed by atoms with E-state index >= 15 is 0 Å². The summed E-state index contributed by atoms with van der Waals surface area (Å²) < 4.78 is 0. The highest BCUT2D eigenvalue weighted by Crippen LogP contribution is 2.34. The molecule has 0 saturated carbocycles. The SMILES string of the molecule is Cc1ccc(-c2ccnc3nc(-c4[nH]nc5ncc(-c6cncc(NC(=O)CC7CCNCC7)c6)cc45)[nH]c23)s1. The average molecular weight is 550 g/mol. The zero-order valence-electron chi connectivity index (χ0n) is 21.9. The van der Waals surface area contributed by atoms with Crippen molar-refractivity contribution in [3.8, 4) is 33.1 Å². The molecule has 40 heavy (non-hydrogen) atoms. The van der Waals surface area contributed by atoms with Gasteiger partial charge in [-0.2, -0.15) is 5.10 Å². The normalized spacial score (nSPS) is 14.2. The van der Waals surface area contributed by atoms with Crippen molar-refractivity contribution in [2.45, 2.75) is 26.2 Å². The summed E-state index contributed by atoms with van der Waals surface area (Å²) in [5, 5.41) is 14.7.